The van der Waals surface area contributed by atoms with Crippen molar-refractivity contribution >= 4 is 0 Å². The van der Waals surface area contributed by atoms with Crippen LogP contribution in [0.15, 0.2) is 0 Å². The van der Waals surface area contributed by atoms with Crippen molar-refractivity contribution in [2.24, 2.45) is 0 Å². The smallest absolute Gasteiger partial charge is 0.0353 e. The molecule has 3 heteroatoms. The molecule has 0 spiro atoms. The molecule has 1 heterocycles. The number of hydrogen-bond donors (Lipinski definition) is 1. The lowest BCUT2D eigenvalue weighted by molar-refractivity contribution is 0.00897. The van der Waals surface area contributed by atoms with Crippen LogP contribution in [0.1, 0.15) is 34.6 Å². The van der Waals surface area contributed by atoms with Crippen molar-refractivity contribution in [3.8, 4) is 0 Å². The molecule has 1 unspecified atom stereocenters. The Labute approximate surface area is 101 Å². The minimum atomic E-state index is 0.232. The molecule has 1 aliphatic heterocycles. The largest absolute Gasteiger partial charge is 0.309 e. The third-order valence-corrected chi connectivity index (χ3v) is 3.26. The normalized spacial score (nSPS) is 27.4. The van der Waals surface area contributed by atoms with Gasteiger partial charge >= 0.3 is 0 Å². The maximum atomic E-state index is 3.65. The van der Waals surface area contributed by atoms with Crippen molar-refractivity contribution in [1.82, 2.24) is 15.1 Å². The fourth-order valence-electron chi connectivity index (χ4n) is 2.48. The molecule has 1 rings (SSSR count). The zero-order valence-electron chi connectivity index (χ0n) is 12.1. The third-order valence-electron chi connectivity index (χ3n) is 3.26. The summed E-state index contributed by atoms with van der Waals surface area (Å²) >= 11 is 0. The van der Waals surface area contributed by atoms with Gasteiger partial charge in [0.25, 0.3) is 0 Å². The second-order valence-electron chi connectivity index (χ2n) is 6.98. The molecule has 0 radical (unpaired) electrons. The minimum absolute atomic E-state index is 0.232. The molecule has 16 heavy (non-hydrogen) atoms. The van der Waals surface area contributed by atoms with Gasteiger partial charge in [-0.1, -0.05) is 0 Å². The van der Waals surface area contributed by atoms with Crippen molar-refractivity contribution in [2.45, 2.75) is 51.7 Å². The minimum Gasteiger partial charge on any atom is -0.309 e. The molecular weight excluding hydrogens is 198 g/mol. The highest BCUT2D eigenvalue weighted by atomic mass is 15.3. The number of piperazine rings is 1. The topological polar surface area (TPSA) is 18.5 Å². The number of nitrogens with zero attached hydrogens (tertiary/aromatic N) is 2. The van der Waals surface area contributed by atoms with E-state index in [1.807, 2.05) is 0 Å². The maximum Gasteiger partial charge on any atom is 0.0353 e. The Bertz CT molecular complexity index is 228. The lowest BCUT2D eigenvalue weighted by Crippen LogP contribution is -2.67. The van der Waals surface area contributed by atoms with Crippen LogP contribution in [0.25, 0.3) is 0 Å². The Morgan fingerprint density at radius 3 is 2.31 bits per heavy atom. The van der Waals surface area contributed by atoms with Crippen LogP contribution in [-0.2, 0) is 0 Å². The van der Waals surface area contributed by atoms with Gasteiger partial charge in [0.1, 0.15) is 0 Å². The highest BCUT2D eigenvalue weighted by Crippen LogP contribution is 2.24. The molecule has 0 aromatic rings. The van der Waals surface area contributed by atoms with Gasteiger partial charge in [0.2, 0.25) is 0 Å². The average molecular weight is 227 g/mol. The van der Waals surface area contributed by atoms with Gasteiger partial charge < -0.3 is 10.2 Å². The molecule has 0 saturated carbocycles. The zero-order chi connectivity index (χ0) is 12.6. The summed E-state index contributed by atoms with van der Waals surface area (Å²) < 4.78 is 0. The molecule has 0 aromatic heterocycles. The summed E-state index contributed by atoms with van der Waals surface area (Å²) in [6.45, 7) is 14.9. The lowest BCUT2D eigenvalue weighted by atomic mass is 9.92. The van der Waals surface area contributed by atoms with Crippen molar-refractivity contribution in [2.75, 3.05) is 33.7 Å². The molecule has 1 N–H and O–H groups in total. The first-order chi connectivity index (χ1) is 7.12. The Morgan fingerprint density at radius 2 is 1.88 bits per heavy atom. The lowest BCUT2D eigenvalue weighted by Gasteiger charge is -2.51. The molecule has 0 bridgehead atoms. The van der Waals surface area contributed by atoms with Gasteiger partial charge in [-0.2, -0.15) is 0 Å². The standard InChI is InChI=1S/C13H29N3/c1-12(2,3)16-10-13(4,5)14-8-11(16)9-15(6)7/h11,14H,8-10H2,1-7H3. The number of hydrogen-bond acceptors (Lipinski definition) is 3. The molecule has 1 atom stereocenters. The quantitative estimate of drug-likeness (QED) is 0.769. The summed E-state index contributed by atoms with van der Waals surface area (Å²) in [4.78, 5) is 4.92. The fraction of sp³-hybridized carbons (Fsp3) is 1.00. The molecule has 0 amide bonds. The first-order valence-electron chi connectivity index (χ1n) is 6.28. The summed E-state index contributed by atoms with van der Waals surface area (Å²) in [5, 5.41) is 3.65. The van der Waals surface area contributed by atoms with Gasteiger partial charge in [0.15, 0.2) is 0 Å². The van der Waals surface area contributed by atoms with Gasteiger partial charge in [-0.05, 0) is 48.7 Å². The van der Waals surface area contributed by atoms with E-state index in [1.165, 1.54) is 0 Å². The van der Waals surface area contributed by atoms with Gasteiger partial charge in [-0.15, -0.1) is 0 Å². The van der Waals surface area contributed by atoms with Crippen LogP contribution in [0.2, 0.25) is 0 Å². The molecular formula is C13H29N3. The van der Waals surface area contributed by atoms with Crippen LogP contribution in [0, 0.1) is 0 Å². The predicted molar refractivity (Wildman–Crippen MR) is 70.9 cm³/mol. The highest BCUT2D eigenvalue weighted by molar-refractivity contribution is 4.97. The molecule has 1 saturated heterocycles. The number of nitrogens with one attached hydrogen (secondary N) is 1. The molecule has 96 valence electrons. The van der Waals surface area contributed by atoms with Gasteiger partial charge in [-0.25, -0.2) is 0 Å². The van der Waals surface area contributed by atoms with Crippen molar-refractivity contribution in [3.63, 3.8) is 0 Å². The SMILES string of the molecule is CN(C)CC1CNC(C)(C)CN1C(C)(C)C. The first-order valence-corrected chi connectivity index (χ1v) is 6.28. The molecule has 0 aliphatic carbocycles. The molecule has 0 aromatic carbocycles. The average Bonchev–Trinajstić information content (AvgIpc) is 2.05. The van der Waals surface area contributed by atoms with E-state index in [-0.39, 0.29) is 11.1 Å². The Morgan fingerprint density at radius 1 is 1.31 bits per heavy atom. The van der Waals surface area contributed by atoms with Crippen LogP contribution in [-0.4, -0.2) is 60.6 Å². The third kappa shape index (κ3) is 3.72. The first kappa shape index (κ1) is 13.9. The molecule has 1 fully saturated rings. The van der Waals surface area contributed by atoms with Gasteiger partial charge in [0.05, 0.1) is 0 Å². The van der Waals surface area contributed by atoms with Crippen molar-refractivity contribution in [3.05, 3.63) is 0 Å². The Kier molecular flexibility index (Phi) is 4.04. The van der Waals surface area contributed by atoms with Gasteiger partial charge in [-0.3, -0.25) is 4.90 Å². The van der Waals surface area contributed by atoms with E-state index in [0.717, 1.165) is 19.6 Å². The van der Waals surface area contributed by atoms with E-state index in [4.69, 9.17) is 0 Å². The van der Waals surface area contributed by atoms with Crippen LogP contribution >= 0.6 is 0 Å². The summed E-state index contributed by atoms with van der Waals surface area (Å²) in [7, 11) is 4.31. The number of likely N-dealkylation sites (N-methyl/N-ethyl adjacent to an activating group) is 1. The van der Waals surface area contributed by atoms with Crippen LogP contribution in [0.5, 0.6) is 0 Å². The van der Waals surface area contributed by atoms with Crippen LogP contribution < -0.4 is 5.32 Å². The van der Waals surface area contributed by atoms with E-state index in [1.54, 1.807) is 0 Å². The Balaban J connectivity index is 2.76. The number of rotatable bonds is 2. The second-order valence-corrected chi connectivity index (χ2v) is 6.98. The van der Waals surface area contributed by atoms with E-state index in [0.29, 0.717) is 6.04 Å². The van der Waals surface area contributed by atoms with E-state index < -0.39 is 0 Å². The highest BCUT2D eigenvalue weighted by Gasteiger charge is 2.37. The van der Waals surface area contributed by atoms with Crippen LogP contribution in [0.4, 0.5) is 0 Å². The van der Waals surface area contributed by atoms with Crippen LogP contribution in [0.3, 0.4) is 0 Å². The van der Waals surface area contributed by atoms with Crippen molar-refractivity contribution < 1.29 is 0 Å². The van der Waals surface area contributed by atoms with Gasteiger partial charge in [0, 0.05) is 36.8 Å². The maximum absolute atomic E-state index is 3.65. The Hall–Kier alpha value is -0.120. The summed E-state index contributed by atoms with van der Waals surface area (Å²) in [6.07, 6.45) is 0. The van der Waals surface area contributed by atoms with Crippen molar-refractivity contribution in [1.29, 1.82) is 0 Å². The zero-order valence-corrected chi connectivity index (χ0v) is 12.1. The predicted octanol–water partition coefficient (Wildman–Crippen LogP) is 1.40. The molecule has 1 aliphatic rings. The van der Waals surface area contributed by atoms with E-state index in [2.05, 4.69) is 63.8 Å². The second kappa shape index (κ2) is 4.63. The molecule has 3 nitrogen and oxygen atoms in total. The fourth-order valence-corrected chi connectivity index (χ4v) is 2.48. The monoisotopic (exact) mass is 227 g/mol. The summed E-state index contributed by atoms with van der Waals surface area (Å²) in [5.41, 5.74) is 0.482. The summed E-state index contributed by atoms with van der Waals surface area (Å²) in [5.74, 6) is 0. The summed E-state index contributed by atoms with van der Waals surface area (Å²) in [6, 6.07) is 0.614. The van der Waals surface area contributed by atoms with E-state index in [9.17, 15) is 0 Å². The van der Waals surface area contributed by atoms with E-state index >= 15 is 0 Å².